The molecule has 0 amide bonds. The summed E-state index contributed by atoms with van der Waals surface area (Å²) in [5.74, 6) is 0.861. The van der Waals surface area contributed by atoms with Gasteiger partial charge in [0.05, 0.1) is 7.11 Å². The Bertz CT molecular complexity index is 743. The van der Waals surface area contributed by atoms with E-state index in [9.17, 15) is 8.63 Å². The van der Waals surface area contributed by atoms with Crippen LogP contribution in [0.5, 0.6) is 5.75 Å². The molecular weight excluding hydrogens is 299 g/mol. The molecule has 6 heteroatoms. The molecule has 1 aliphatic heterocycles. The molecule has 0 radical (unpaired) electrons. The second kappa shape index (κ2) is 6.24. The first-order chi connectivity index (χ1) is 11.1. The van der Waals surface area contributed by atoms with Crippen molar-refractivity contribution in [3.05, 3.63) is 71.5 Å². The third-order valence-corrected chi connectivity index (χ3v) is 3.59. The van der Waals surface area contributed by atoms with Crippen molar-refractivity contribution in [2.75, 3.05) is 7.11 Å². The summed E-state index contributed by atoms with van der Waals surface area (Å²) in [5.41, 5.74) is 1.57. The topological polar surface area (TPSA) is 21.5 Å². The van der Waals surface area contributed by atoms with Crippen LogP contribution in [0.4, 0.5) is 8.63 Å². The number of hydrogen-bond acceptors (Lipinski definition) is 2. The second-order valence-electron chi connectivity index (χ2n) is 5.29. The van der Waals surface area contributed by atoms with E-state index in [1.54, 1.807) is 37.5 Å². The van der Waals surface area contributed by atoms with E-state index in [0.717, 1.165) is 15.6 Å². The van der Waals surface area contributed by atoms with E-state index >= 15 is 0 Å². The van der Waals surface area contributed by atoms with Gasteiger partial charge >= 0.3 is 7.04 Å². The van der Waals surface area contributed by atoms with Gasteiger partial charge in [-0.1, -0.05) is 42.5 Å². The average Bonchev–Trinajstić information content (AvgIpc) is 2.82. The lowest BCUT2D eigenvalue weighted by Gasteiger charge is -2.15. The van der Waals surface area contributed by atoms with Crippen LogP contribution in [0.3, 0.4) is 0 Å². The molecule has 0 unspecified atom stereocenters. The Morgan fingerprint density at radius 1 is 1.09 bits per heavy atom. The van der Waals surface area contributed by atoms with Crippen LogP contribution in [0.15, 0.2) is 60.4 Å². The van der Waals surface area contributed by atoms with Crippen molar-refractivity contribution in [2.24, 2.45) is 0 Å². The third-order valence-electron chi connectivity index (χ3n) is 3.59. The first-order valence-corrected chi connectivity index (χ1v) is 7.27. The fourth-order valence-electron chi connectivity index (χ4n) is 2.39. The standard InChI is InChI=1S/C17H16BF2NO2/c1-22-16-9-7-14(8-10-16)11-17-13-21(18(19,20)23-17)12-15-5-3-2-4-6-15/h2-11,13H,12H2,1H3/b17-11-. The Morgan fingerprint density at radius 3 is 2.43 bits per heavy atom. The Kier molecular flexibility index (Phi) is 4.15. The maximum atomic E-state index is 14.0. The zero-order valence-corrected chi connectivity index (χ0v) is 12.7. The third kappa shape index (κ3) is 3.59. The molecule has 0 bridgehead atoms. The highest BCUT2D eigenvalue weighted by atomic mass is 19.3. The van der Waals surface area contributed by atoms with Gasteiger partial charge in [0.2, 0.25) is 0 Å². The van der Waals surface area contributed by atoms with Gasteiger partial charge in [0, 0.05) is 5.56 Å². The van der Waals surface area contributed by atoms with Crippen LogP contribution in [-0.2, 0) is 11.2 Å². The largest absolute Gasteiger partial charge is 0.828 e. The monoisotopic (exact) mass is 315 g/mol. The van der Waals surface area contributed by atoms with Crippen molar-refractivity contribution in [1.29, 1.82) is 0 Å². The van der Waals surface area contributed by atoms with Gasteiger partial charge in [-0.25, -0.2) is 0 Å². The lowest BCUT2D eigenvalue weighted by Crippen LogP contribution is -2.37. The van der Waals surface area contributed by atoms with E-state index in [2.05, 4.69) is 0 Å². The van der Waals surface area contributed by atoms with Crippen molar-refractivity contribution in [3.8, 4) is 5.75 Å². The Balaban J connectivity index is 1.82. The summed E-state index contributed by atoms with van der Waals surface area (Å²) in [6.07, 6.45) is 2.94. The molecule has 2 aromatic rings. The molecule has 1 aliphatic rings. The van der Waals surface area contributed by atoms with Crippen molar-refractivity contribution in [2.45, 2.75) is 6.54 Å². The highest BCUT2D eigenvalue weighted by Crippen LogP contribution is 2.24. The number of halogens is 2. The minimum atomic E-state index is -4.05. The van der Waals surface area contributed by atoms with Crippen molar-refractivity contribution in [3.63, 3.8) is 0 Å². The van der Waals surface area contributed by atoms with Gasteiger partial charge in [-0.2, -0.15) is 0 Å². The Hall–Kier alpha value is -2.63. The lowest BCUT2D eigenvalue weighted by molar-refractivity contribution is -0.443. The molecule has 23 heavy (non-hydrogen) atoms. The highest BCUT2D eigenvalue weighted by molar-refractivity contribution is 6.52. The summed E-state index contributed by atoms with van der Waals surface area (Å²) in [6.45, 7) is 0.105. The lowest BCUT2D eigenvalue weighted by atomic mass is 10.0. The molecule has 3 nitrogen and oxygen atoms in total. The highest BCUT2D eigenvalue weighted by Gasteiger charge is 2.50. The maximum Gasteiger partial charge on any atom is 0.828 e. The Morgan fingerprint density at radius 2 is 1.78 bits per heavy atom. The minimum Gasteiger partial charge on any atom is -0.596 e. The van der Waals surface area contributed by atoms with E-state index < -0.39 is 7.04 Å². The van der Waals surface area contributed by atoms with Crippen LogP contribution in [0, 0.1) is 0 Å². The number of hydrogen-bond donors (Lipinski definition) is 0. The zero-order chi connectivity index (χ0) is 16.3. The molecule has 0 aromatic heterocycles. The SMILES string of the molecule is COc1ccc(/C=C2/C=[N+](Cc3ccccc3)[B-](F)(F)O2)cc1. The summed E-state index contributed by atoms with van der Waals surface area (Å²) in [6, 6.07) is 16.2. The molecule has 0 fully saturated rings. The summed E-state index contributed by atoms with van der Waals surface area (Å²) in [4.78, 5) is 0. The first-order valence-electron chi connectivity index (χ1n) is 7.27. The molecule has 2 aromatic carbocycles. The molecule has 0 atom stereocenters. The molecule has 0 spiro atoms. The fourth-order valence-corrected chi connectivity index (χ4v) is 2.39. The molecule has 0 N–H and O–H groups in total. The molecule has 0 aliphatic carbocycles. The predicted octanol–water partition coefficient (Wildman–Crippen LogP) is 3.72. The molecular formula is C17H16BF2NO2. The van der Waals surface area contributed by atoms with Gasteiger partial charge in [0.25, 0.3) is 0 Å². The quantitative estimate of drug-likeness (QED) is 0.802. The smallest absolute Gasteiger partial charge is 0.596 e. The molecule has 118 valence electrons. The van der Waals surface area contributed by atoms with Crippen LogP contribution in [-0.4, -0.2) is 24.8 Å². The summed E-state index contributed by atoms with van der Waals surface area (Å²) in [7, 11) is -2.47. The van der Waals surface area contributed by atoms with Crippen LogP contribution in [0.2, 0.25) is 0 Å². The molecule has 1 heterocycles. The Labute approximate surface area is 133 Å². The van der Waals surface area contributed by atoms with Crippen molar-refractivity contribution < 1.29 is 22.5 Å². The number of methoxy groups -OCH3 is 1. The van der Waals surface area contributed by atoms with Gasteiger partial charge in [0.1, 0.15) is 18.1 Å². The van der Waals surface area contributed by atoms with E-state index in [1.165, 1.54) is 6.21 Å². The predicted molar refractivity (Wildman–Crippen MR) is 86.5 cm³/mol. The summed E-state index contributed by atoms with van der Waals surface area (Å²) >= 11 is 0. The minimum absolute atomic E-state index is 0.105. The normalized spacial score (nSPS) is 17.7. The van der Waals surface area contributed by atoms with Gasteiger partial charge in [-0.3, -0.25) is 0 Å². The van der Waals surface area contributed by atoms with Gasteiger partial charge in [0.15, 0.2) is 6.21 Å². The van der Waals surface area contributed by atoms with E-state index in [1.807, 2.05) is 30.3 Å². The molecule has 3 rings (SSSR count). The summed E-state index contributed by atoms with van der Waals surface area (Å²) in [5, 5.41) is 0. The first kappa shape index (κ1) is 15.3. The number of rotatable bonds is 4. The average molecular weight is 315 g/mol. The van der Waals surface area contributed by atoms with E-state index in [-0.39, 0.29) is 12.3 Å². The maximum absolute atomic E-state index is 14.0. The van der Waals surface area contributed by atoms with E-state index in [0.29, 0.717) is 5.75 Å². The summed E-state index contributed by atoms with van der Waals surface area (Å²) < 4.78 is 38.9. The van der Waals surface area contributed by atoms with Gasteiger partial charge < -0.3 is 22.5 Å². The van der Waals surface area contributed by atoms with Gasteiger partial charge in [-0.05, 0) is 23.8 Å². The number of ether oxygens (including phenoxy) is 1. The number of allylic oxidation sites excluding steroid dienone is 1. The second-order valence-corrected chi connectivity index (χ2v) is 5.29. The van der Waals surface area contributed by atoms with Crippen LogP contribution >= 0.6 is 0 Å². The zero-order valence-electron chi connectivity index (χ0n) is 12.7. The van der Waals surface area contributed by atoms with Crippen LogP contribution < -0.4 is 4.74 Å². The molecule has 0 saturated heterocycles. The van der Waals surface area contributed by atoms with Crippen LogP contribution in [0.1, 0.15) is 11.1 Å². The van der Waals surface area contributed by atoms with Gasteiger partial charge in [-0.15, -0.1) is 0 Å². The molecule has 0 saturated carbocycles. The number of nitrogens with zero attached hydrogens (tertiary/aromatic N) is 1. The van der Waals surface area contributed by atoms with Crippen molar-refractivity contribution >= 4 is 19.3 Å². The van der Waals surface area contributed by atoms with Crippen molar-refractivity contribution in [1.82, 2.24) is 0 Å². The van der Waals surface area contributed by atoms with E-state index in [4.69, 9.17) is 9.39 Å². The fraction of sp³-hybridized carbons (Fsp3) is 0.118. The van der Waals surface area contributed by atoms with Crippen LogP contribution in [0.25, 0.3) is 6.08 Å². The number of benzene rings is 2.